The Labute approximate surface area is 194 Å². The van der Waals surface area contributed by atoms with E-state index >= 15 is 0 Å². The van der Waals surface area contributed by atoms with E-state index in [1.54, 1.807) is 11.3 Å². The number of fused-ring (bicyclic) bond motifs is 6. The van der Waals surface area contributed by atoms with Crippen LogP contribution in [-0.2, 0) is 0 Å². The van der Waals surface area contributed by atoms with E-state index in [0.29, 0.717) is 0 Å². The molecule has 0 N–H and O–H groups in total. The highest BCUT2D eigenvalue weighted by Crippen LogP contribution is 2.38. The molecule has 0 radical (unpaired) electrons. The predicted octanol–water partition coefficient (Wildman–Crippen LogP) is 7.49. The van der Waals surface area contributed by atoms with Crippen molar-refractivity contribution >= 4 is 78.3 Å². The van der Waals surface area contributed by atoms with Crippen LogP contribution in [0.5, 0.6) is 0 Å². The third kappa shape index (κ3) is 2.77. The second-order valence-corrected chi connectivity index (χ2v) is 9.44. The number of allylic oxidation sites excluding steroid dienone is 2. The number of thiophene rings is 1. The molecule has 6 rings (SSSR count). The second-order valence-electron chi connectivity index (χ2n) is 7.95. The first-order valence-corrected chi connectivity index (χ1v) is 11.8. The fourth-order valence-electron chi connectivity index (χ4n) is 4.66. The predicted molar refractivity (Wildman–Crippen MR) is 143 cm³/mol. The Morgan fingerprint density at radius 2 is 1.59 bits per heavy atom. The van der Waals surface area contributed by atoms with Gasteiger partial charge in [-0.2, -0.15) is 0 Å². The molecule has 0 bridgehead atoms. The molecule has 0 atom stereocenters. The van der Waals surface area contributed by atoms with E-state index in [0.717, 1.165) is 14.8 Å². The van der Waals surface area contributed by atoms with Crippen molar-refractivity contribution in [1.29, 1.82) is 0 Å². The van der Waals surface area contributed by atoms with Crippen LogP contribution in [0.25, 0.3) is 61.0 Å². The van der Waals surface area contributed by atoms with Gasteiger partial charge in [-0.05, 0) is 35.7 Å². The first kappa shape index (κ1) is 19.4. The molecule has 0 fully saturated rings. The molecule has 0 saturated heterocycles. The number of para-hydroxylation sites is 1. The Hall–Kier alpha value is -3.33. The maximum absolute atomic E-state index is 6.34. The Balaban J connectivity index is 1.83. The number of aromatic nitrogens is 1. The normalized spacial score (nSPS) is 13.2. The van der Waals surface area contributed by atoms with E-state index in [1.807, 2.05) is 19.1 Å². The number of nitrogens with zero attached hydrogens (tertiary/aromatic N) is 1. The van der Waals surface area contributed by atoms with E-state index < -0.39 is 0 Å². The largest absolute Gasteiger partial charge is 0.307 e. The van der Waals surface area contributed by atoms with E-state index in [4.69, 9.17) is 11.6 Å². The lowest BCUT2D eigenvalue weighted by Gasteiger charge is -2.11. The fourth-order valence-corrected chi connectivity index (χ4v) is 6.03. The molecule has 4 aromatic carbocycles. The first-order valence-electron chi connectivity index (χ1n) is 10.6. The molecule has 2 aromatic heterocycles. The number of halogens is 1. The molecule has 2 heterocycles. The molecule has 1 nitrogen and oxygen atoms in total. The summed E-state index contributed by atoms with van der Waals surface area (Å²) in [5.41, 5.74) is 3.63. The van der Waals surface area contributed by atoms with Gasteiger partial charge in [0.2, 0.25) is 0 Å². The summed E-state index contributed by atoms with van der Waals surface area (Å²) >= 11 is 8.09. The number of hydrogen-bond donors (Lipinski definition) is 0. The summed E-state index contributed by atoms with van der Waals surface area (Å²) in [4.78, 5) is 0. The summed E-state index contributed by atoms with van der Waals surface area (Å²) in [7, 11) is 0. The molecular weight excluding hydrogens is 430 g/mol. The summed E-state index contributed by atoms with van der Waals surface area (Å²) in [6, 6.07) is 28.3. The summed E-state index contributed by atoms with van der Waals surface area (Å²) in [6.45, 7) is 6.33. The van der Waals surface area contributed by atoms with E-state index in [1.165, 1.54) is 48.4 Å². The van der Waals surface area contributed by atoms with E-state index in [2.05, 4.69) is 90.0 Å². The smallest absolute Gasteiger partial charge is 0.0641 e. The van der Waals surface area contributed by atoms with Crippen LogP contribution in [-0.4, -0.2) is 4.57 Å². The van der Waals surface area contributed by atoms with Crippen LogP contribution in [0.15, 0.2) is 90.0 Å². The Morgan fingerprint density at radius 1 is 0.844 bits per heavy atom. The average Bonchev–Trinajstić information content (AvgIpc) is 3.34. The van der Waals surface area contributed by atoms with Crippen molar-refractivity contribution in [3.05, 3.63) is 99.7 Å². The topological polar surface area (TPSA) is 4.93 Å². The van der Waals surface area contributed by atoms with Gasteiger partial charge in [0, 0.05) is 31.1 Å². The number of hydrogen-bond acceptors (Lipinski definition) is 1. The van der Waals surface area contributed by atoms with Gasteiger partial charge in [-0.1, -0.05) is 91.0 Å². The summed E-state index contributed by atoms with van der Waals surface area (Å²) in [5.74, 6) is 0. The SMILES string of the molecule is C=c1/c(=C\C(Cl)=C/C)sc2c(-n3c4ccccc4c4ccc5ccccc5c43)cccc12. The molecule has 0 spiro atoms. The summed E-state index contributed by atoms with van der Waals surface area (Å²) in [5, 5.41) is 7.96. The highest BCUT2D eigenvalue weighted by atomic mass is 35.5. The molecule has 6 aromatic rings. The van der Waals surface area contributed by atoms with Crippen LogP contribution in [0.1, 0.15) is 6.92 Å². The molecular formula is C29H20ClNS. The van der Waals surface area contributed by atoms with Crippen LogP contribution >= 0.6 is 22.9 Å². The van der Waals surface area contributed by atoms with Crippen LogP contribution in [0.3, 0.4) is 0 Å². The molecule has 0 aliphatic heterocycles. The zero-order valence-corrected chi connectivity index (χ0v) is 19.2. The summed E-state index contributed by atoms with van der Waals surface area (Å²) < 4.78 is 4.74. The maximum Gasteiger partial charge on any atom is 0.0641 e. The minimum Gasteiger partial charge on any atom is -0.307 e. The molecule has 32 heavy (non-hydrogen) atoms. The van der Waals surface area contributed by atoms with Gasteiger partial charge in [-0.15, -0.1) is 11.3 Å². The van der Waals surface area contributed by atoms with Gasteiger partial charge >= 0.3 is 0 Å². The lowest BCUT2D eigenvalue weighted by molar-refractivity contribution is 1.21. The van der Waals surface area contributed by atoms with Gasteiger partial charge in [-0.25, -0.2) is 0 Å². The van der Waals surface area contributed by atoms with Crippen molar-refractivity contribution in [2.24, 2.45) is 0 Å². The van der Waals surface area contributed by atoms with E-state index in [9.17, 15) is 0 Å². The molecule has 3 heteroatoms. The Morgan fingerprint density at radius 3 is 2.44 bits per heavy atom. The third-order valence-corrected chi connectivity index (χ3v) is 7.72. The molecule has 0 aliphatic carbocycles. The van der Waals surface area contributed by atoms with Gasteiger partial charge in [0.25, 0.3) is 0 Å². The van der Waals surface area contributed by atoms with Crippen molar-refractivity contribution < 1.29 is 0 Å². The van der Waals surface area contributed by atoms with Crippen LogP contribution < -0.4 is 9.75 Å². The minimum atomic E-state index is 0.728. The van der Waals surface area contributed by atoms with Gasteiger partial charge in [0.15, 0.2) is 0 Å². The van der Waals surface area contributed by atoms with Gasteiger partial charge in [-0.3, -0.25) is 0 Å². The molecule has 0 saturated carbocycles. The highest BCUT2D eigenvalue weighted by molar-refractivity contribution is 7.17. The highest BCUT2D eigenvalue weighted by Gasteiger charge is 2.17. The van der Waals surface area contributed by atoms with Crippen LogP contribution in [0.2, 0.25) is 0 Å². The third-order valence-electron chi connectivity index (χ3n) is 6.17. The zero-order valence-electron chi connectivity index (χ0n) is 17.6. The van der Waals surface area contributed by atoms with Gasteiger partial charge in [0.1, 0.15) is 0 Å². The lowest BCUT2D eigenvalue weighted by atomic mass is 10.1. The van der Waals surface area contributed by atoms with Crippen molar-refractivity contribution in [2.75, 3.05) is 0 Å². The summed E-state index contributed by atoms with van der Waals surface area (Å²) in [6.07, 6.45) is 3.92. The lowest BCUT2D eigenvalue weighted by Crippen LogP contribution is -2.15. The molecule has 0 aliphatic rings. The van der Waals surface area contributed by atoms with Gasteiger partial charge < -0.3 is 4.57 Å². The van der Waals surface area contributed by atoms with E-state index in [-0.39, 0.29) is 0 Å². The van der Waals surface area contributed by atoms with Crippen molar-refractivity contribution in [1.82, 2.24) is 4.57 Å². The first-order chi connectivity index (χ1) is 15.7. The average molecular weight is 450 g/mol. The quantitative estimate of drug-likeness (QED) is 0.258. The monoisotopic (exact) mass is 449 g/mol. The molecule has 0 unspecified atom stereocenters. The second kappa shape index (κ2) is 7.37. The zero-order chi connectivity index (χ0) is 21.8. The van der Waals surface area contributed by atoms with Crippen LogP contribution in [0, 0.1) is 0 Å². The Kier molecular flexibility index (Phi) is 4.46. The number of rotatable bonds is 2. The minimum absolute atomic E-state index is 0.728. The fraction of sp³-hybridized carbons (Fsp3) is 0.0345. The standard InChI is InChI=1S/C29H20ClNS/c1-3-20(30)17-27-18(2)21-12-8-14-26(29(21)32-27)31-25-13-7-6-11-23(25)24-16-15-19-9-4-5-10-22(19)28(24)31/h3-17H,2H2,1H3/b20-3+,27-17+. The number of benzene rings is 4. The maximum atomic E-state index is 6.34. The van der Waals surface area contributed by atoms with Crippen LogP contribution in [0.4, 0.5) is 0 Å². The molecule has 154 valence electrons. The van der Waals surface area contributed by atoms with Gasteiger partial charge in [0.05, 0.1) is 21.4 Å². The Bertz CT molecular complexity index is 1820. The van der Waals surface area contributed by atoms with Crippen molar-refractivity contribution in [2.45, 2.75) is 6.92 Å². The molecule has 0 amide bonds. The van der Waals surface area contributed by atoms with Crippen molar-refractivity contribution in [3.63, 3.8) is 0 Å². The van der Waals surface area contributed by atoms with Crippen molar-refractivity contribution in [3.8, 4) is 5.69 Å².